The molecule has 0 aliphatic heterocycles. The summed E-state index contributed by atoms with van der Waals surface area (Å²) in [5, 5.41) is 0. The van der Waals surface area contributed by atoms with Gasteiger partial charge in [-0.05, 0) is 24.6 Å². The van der Waals surface area contributed by atoms with Gasteiger partial charge in [0.25, 0.3) is 0 Å². The zero-order chi connectivity index (χ0) is 12.3. The maximum Gasteiger partial charge on any atom is 0.171 e. The Morgan fingerprint density at radius 3 is 2.24 bits per heavy atom. The molecule has 88 valence electrons. The molecule has 1 aromatic carbocycles. The molecule has 3 nitrogen and oxygen atoms in total. The SMILES string of the molecule is CC1(COCc2ccccc2)C(=O)C=CC1=O. The van der Waals surface area contributed by atoms with E-state index < -0.39 is 5.41 Å². The molecule has 1 aromatic rings. The van der Waals surface area contributed by atoms with Crippen LogP contribution in [0, 0.1) is 5.41 Å². The predicted octanol–water partition coefficient (Wildman–Crippen LogP) is 1.92. The first-order valence-electron chi connectivity index (χ1n) is 5.51. The van der Waals surface area contributed by atoms with Crippen LogP contribution in [0.4, 0.5) is 0 Å². The average Bonchev–Trinajstić information content (AvgIpc) is 2.59. The molecule has 0 amide bonds. The van der Waals surface area contributed by atoms with Gasteiger partial charge in [0.1, 0.15) is 5.41 Å². The highest BCUT2D eigenvalue weighted by atomic mass is 16.5. The van der Waals surface area contributed by atoms with Crippen LogP contribution in [0.5, 0.6) is 0 Å². The Labute approximate surface area is 100 Å². The first-order chi connectivity index (χ1) is 8.13. The summed E-state index contributed by atoms with van der Waals surface area (Å²) in [7, 11) is 0. The van der Waals surface area contributed by atoms with E-state index in [-0.39, 0.29) is 18.2 Å². The topological polar surface area (TPSA) is 43.4 Å². The molecule has 1 aliphatic carbocycles. The number of benzene rings is 1. The van der Waals surface area contributed by atoms with E-state index in [1.165, 1.54) is 12.2 Å². The van der Waals surface area contributed by atoms with Gasteiger partial charge in [-0.15, -0.1) is 0 Å². The van der Waals surface area contributed by atoms with Crippen LogP contribution in [0.2, 0.25) is 0 Å². The van der Waals surface area contributed by atoms with Crippen molar-refractivity contribution >= 4 is 11.6 Å². The molecule has 0 radical (unpaired) electrons. The molecular formula is C14H14O3. The summed E-state index contributed by atoms with van der Waals surface area (Å²) in [6, 6.07) is 9.66. The van der Waals surface area contributed by atoms with E-state index in [1.807, 2.05) is 30.3 Å². The van der Waals surface area contributed by atoms with E-state index in [9.17, 15) is 9.59 Å². The van der Waals surface area contributed by atoms with Crippen LogP contribution in [0.25, 0.3) is 0 Å². The fourth-order valence-corrected chi connectivity index (χ4v) is 1.73. The quantitative estimate of drug-likeness (QED) is 0.742. The summed E-state index contributed by atoms with van der Waals surface area (Å²) < 4.78 is 5.47. The number of carbonyl (C=O) groups excluding carboxylic acids is 2. The average molecular weight is 230 g/mol. The fraction of sp³-hybridized carbons (Fsp3) is 0.286. The zero-order valence-electron chi connectivity index (χ0n) is 9.68. The summed E-state index contributed by atoms with van der Waals surface area (Å²) in [6.45, 7) is 2.17. The second kappa shape index (κ2) is 4.63. The van der Waals surface area contributed by atoms with Crippen molar-refractivity contribution in [1.29, 1.82) is 0 Å². The van der Waals surface area contributed by atoms with Crippen molar-refractivity contribution in [3.63, 3.8) is 0 Å². The van der Waals surface area contributed by atoms with Crippen LogP contribution in [0.1, 0.15) is 12.5 Å². The van der Waals surface area contributed by atoms with Gasteiger partial charge in [0, 0.05) is 0 Å². The van der Waals surface area contributed by atoms with Crippen LogP contribution in [0.15, 0.2) is 42.5 Å². The van der Waals surface area contributed by atoms with Gasteiger partial charge in [-0.3, -0.25) is 9.59 Å². The van der Waals surface area contributed by atoms with Crippen molar-refractivity contribution in [2.75, 3.05) is 6.61 Å². The van der Waals surface area contributed by atoms with Gasteiger partial charge in [-0.25, -0.2) is 0 Å². The first kappa shape index (κ1) is 11.7. The van der Waals surface area contributed by atoms with Crippen LogP contribution < -0.4 is 0 Å². The Balaban J connectivity index is 1.91. The molecule has 0 aromatic heterocycles. The fourth-order valence-electron chi connectivity index (χ4n) is 1.73. The molecule has 0 saturated carbocycles. The van der Waals surface area contributed by atoms with Crippen molar-refractivity contribution in [2.45, 2.75) is 13.5 Å². The van der Waals surface area contributed by atoms with Crippen LogP contribution in [0.3, 0.4) is 0 Å². The lowest BCUT2D eigenvalue weighted by Crippen LogP contribution is -2.35. The van der Waals surface area contributed by atoms with Crippen LogP contribution in [-0.4, -0.2) is 18.2 Å². The van der Waals surface area contributed by atoms with Crippen molar-refractivity contribution in [3.05, 3.63) is 48.0 Å². The summed E-state index contributed by atoms with van der Waals surface area (Å²) in [4.78, 5) is 23.1. The minimum Gasteiger partial charge on any atom is -0.375 e. The Morgan fingerprint density at radius 2 is 1.65 bits per heavy atom. The number of ketones is 2. The maximum absolute atomic E-state index is 11.6. The molecule has 0 atom stereocenters. The van der Waals surface area contributed by atoms with Crippen molar-refractivity contribution in [1.82, 2.24) is 0 Å². The van der Waals surface area contributed by atoms with E-state index in [4.69, 9.17) is 4.74 Å². The van der Waals surface area contributed by atoms with E-state index in [0.29, 0.717) is 6.61 Å². The summed E-state index contributed by atoms with van der Waals surface area (Å²) in [5.41, 5.74) is 0.0105. The highest BCUT2D eigenvalue weighted by molar-refractivity contribution is 6.22. The predicted molar refractivity (Wildman–Crippen MR) is 63.4 cm³/mol. The van der Waals surface area contributed by atoms with Gasteiger partial charge in [-0.1, -0.05) is 30.3 Å². The molecule has 2 rings (SSSR count). The van der Waals surface area contributed by atoms with Gasteiger partial charge < -0.3 is 4.74 Å². The van der Waals surface area contributed by atoms with Crippen LogP contribution >= 0.6 is 0 Å². The molecule has 0 spiro atoms. The van der Waals surface area contributed by atoms with Crippen molar-refractivity contribution in [2.24, 2.45) is 5.41 Å². The van der Waals surface area contributed by atoms with Crippen molar-refractivity contribution < 1.29 is 14.3 Å². The molecule has 17 heavy (non-hydrogen) atoms. The zero-order valence-corrected chi connectivity index (χ0v) is 9.68. The molecule has 0 heterocycles. The Kier molecular flexibility index (Phi) is 3.20. The Hall–Kier alpha value is -1.74. The lowest BCUT2D eigenvalue weighted by atomic mass is 9.87. The third-order valence-corrected chi connectivity index (χ3v) is 2.98. The Morgan fingerprint density at radius 1 is 1.06 bits per heavy atom. The molecule has 1 aliphatic rings. The molecule has 0 N–H and O–H groups in total. The second-order valence-electron chi connectivity index (χ2n) is 4.37. The molecule has 0 bridgehead atoms. The summed E-state index contributed by atoms with van der Waals surface area (Å²) in [6.07, 6.45) is 2.66. The number of hydrogen-bond donors (Lipinski definition) is 0. The highest BCUT2D eigenvalue weighted by Gasteiger charge is 2.42. The first-order valence-corrected chi connectivity index (χ1v) is 5.51. The van der Waals surface area contributed by atoms with Crippen molar-refractivity contribution in [3.8, 4) is 0 Å². The normalized spacial score (nSPS) is 17.7. The molecule has 0 fully saturated rings. The van der Waals surface area contributed by atoms with E-state index in [1.54, 1.807) is 6.92 Å². The molecule has 0 saturated heterocycles. The largest absolute Gasteiger partial charge is 0.375 e. The standard InChI is InChI=1S/C14H14O3/c1-14(12(15)7-8-13(14)16)10-17-9-11-5-3-2-4-6-11/h2-8H,9-10H2,1H3. The number of allylic oxidation sites excluding steroid dienone is 2. The third-order valence-electron chi connectivity index (χ3n) is 2.98. The number of rotatable bonds is 4. The minimum absolute atomic E-state index is 0.132. The smallest absolute Gasteiger partial charge is 0.171 e. The number of carbonyl (C=O) groups is 2. The molecular weight excluding hydrogens is 216 g/mol. The number of ether oxygens (including phenoxy) is 1. The minimum atomic E-state index is -1.02. The lowest BCUT2D eigenvalue weighted by Gasteiger charge is -2.19. The lowest BCUT2D eigenvalue weighted by molar-refractivity contribution is -0.136. The van der Waals surface area contributed by atoms with Gasteiger partial charge in [0.05, 0.1) is 13.2 Å². The van der Waals surface area contributed by atoms with Gasteiger partial charge >= 0.3 is 0 Å². The maximum atomic E-state index is 11.6. The third kappa shape index (κ3) is 2.34. The monoisotopic (exact) mass is 230 g/mol. The van der Waals surface area contributed by atoms with Crippen LogP contribution in [-0.2, 0) is 20.9 Å². The van der Waals surface area contributed by atoms with E-state index in [2.05, 4.69) is 0 Å². The highest BCUT2D eigenvalue weighted by Crippen LogP contribution is 2.26. The molecule has 3 heteroatoms. The van der Waals surface area contributed by atoms with Gasteiger partial charge in [-0.2, -0.15) is 0 Å². The van der Waals surface area contributed by atoms with E-state index in [0.717, 1.165) is 5.56 Å². The Bertz CT molecular complexity index is 442. The summed E-state index contributed by atoms with van der Waals surface area (Å²) >= 11 is 0. The second-order valence-corrected chi connectivity index (χ2v) is 4.37. The van der Waals surface area contributed by atoms with Gasteiger partial charge in [0.15, 0.2) is 11.6 Å². The molecule has 0 unspecified atom stereocenters. The van der Waals surface area contributed by atoms with Gasteiger partial charge in [0.2, 0.25) is 0 Å². The van der Waals surface area contributed by atoms with E-state index >= 15 is 0 Å². The number of hydrogen-bond acceptors (Lipinski definition) is 3. The summed E-state index contributed by atoms with van der Waals surface area (Å²) in [5.74, 6) is -0.342.